The average molecular weight is 488 g/mol. The third kappa shape index (κ3) is 5.49. The number of rotatable bonds is 10. The van der Waals surface area contributed by atoms with Crippen LogP contribution in [0.5, 0.6) is 11.5 Å². The molecular weight excluding hydrogens is 458 g/mol. The molecule has 0 fully saturated rings. The van der Waals surface area contributed by atoms with E-state index in [9.17, 15) is 14.9 Å². The van der Waals surface area contributed by atoms with Gasteiger partial charge in [-0.2, -0.15) is 0 Å². The Bertz CT molecular complexity index is 1380. The summed E-state index contributed by atoms with van der Waals surface area (Å²) in [6, 6.07) is 18.1. The second-order valence-electron chi connectivity index (χ2n) is 8.54. The monoisotopic (exact) mass is 487 g/mol. The zero-order valence-electron chi connectivity index (χ0n) is 20.6. The molecule has 8 heteroatoms. The van der Waals surface area contributed by atoms with Gasteiger partial charge >= 0.3 is 0 Å². The van der Waals surface area contributed by atoms with Crippen LogP contribution >= 0.6 is 0 Å². The summed E-state index contributed by atoms with van der Waals surface area (Å²) in [6.45, 7) is 4.95. The molecule has 8 nitrogen and oxygen atoms in total. The Morgan fingerprint density at radius 3 is 2.50 bits per heavy atom. The van der Waals surface area contributed by atoms with Crippen molar-refractivity contribution in [1.82, 2.24) is 9.88 Å². The van der Waals surface area contributed by atoms with Crippen molar-refractivity contribution in [3.05, 3.63) is 99.2 Å². The molecule has 0 radical (unpaired) electrons. The van der Waals surface area contributed by atoms with Crippen LogP contribution in [0.15, 0.2) is 66.9 Å². The molecule has 1 aromatic heterocycles. The average Bonchev–Trinajstić information content (AvgIpc) is 3.29. The third-order valence-electron chi connectivity index (χ3n) is 6.17. The smallest absolute Gasteiger partial charge is 0.273 e. The summed E-state index contributed by atoms with van der Waals surface area (Å²) < 4.78 is 10.9. The van der Waals surface area contributed by atoms with Gasteiger partial charge in [-0.1, -0.05) is 18.2 Å². The predicted molar refractivity (Wildman–Crippen MR) is 139 cm³/mol. The SMILES string of the molecule is CCOc1ccc(CN(CCc2c[nH]c3ccc(OC)cc23)C(=O)c2ccc(C)c([N+](=O)[O-])c2)cc1. The van der Waals surface area contributed by atoms with E-state index >= 15 is 0 Å². The molecule has 0 saturated heterocycles. The predicted octanol–water partition coefficient (Wildman–Crippen LogP) is 5.68. The highest BCUT2D eigenvalue weighted by Crippen LogP contribution is 2.25. The van der Waals surface area contributed by atoms with Crippen LogP contribution in [-0.4, -0.2) is 41.0 Å². The van der Waals surface area contributed by atoms with Gasteiger partial charge in [0.2, 0.25) is 0 Å². The normalized spacial score (nSPS) is 10.9. The lowest BCUT2D eigenvalue weighted by molar-refractivity contribution is -0.385. The Hall–Kier alpha value is -4.33. The van der Waals surface area contributed by atoms with Gasteiger partial charge in [0.05, 0.1) is 18.6 Å². The standard InChI is InChI=1S/C28H29N3O5/c1-4-36-23-9-6-20(7-10-23)18-30(28(32)21-8-5-19(2)27(15-21)31(33)34)14-13-22-17-29-26-12-11-24(35-3)16-25(22)26/h5-12,15-17,29H,4,13-14,18H2,1-3H3. The quantitative estimate of drug-likeness (QED) is 0.229. The van der Waals surface area contributed by atoms with E-state index in [-0.39, 0.29) is 11.6 Å². The topological polar surface area (TPSA) is 97.7 Å². The first-order chi connectivity index (χ1) is 17.4. The Balaban J connectivity index is 1.62. The fourth-order valence-corrected chi connectivity index (χ4v) is 4.20. The summed E-state index contributed by atoms with van der Waals surface area (Å²) in [4.78, 5) is 29.6. The van der Waals surface area contributed by atoms with Gasteiger partial charge in [0.15, 0.2) is 0 Å². The summed E-state index contributed by atoms with van der Waals surface area (Å²) in [7, 11) is 1.63. The van der Waals surface area contributed by atoms with E-state index in [0.717, 1.165) is 33.5 Å². The first-order valence-corrected chi connectivity index (χ1v) is 11.8. The molecule has 0 aliphatic carbocycles. The zero-order valence-corrected chi connectivity index (χ0v) is 20.6. The van der Waals surface area contributed by atoms with Crippen LogP contribution in [0.2, 0.25) is 0 Å². The first-order valence-electron chi connectivity index (χ1n) is 11.8. The van der Waals surface area contributed by atoms with Crippen molar-refractivity contribution in [2.45, 2.75) is 26.8 Å². The fraction of sp³-hybridized carbons (Fsp3) is 0.250. The van der Waals surface area contributed by atoms with Crippen LogP contribution in [0.1, 0.15) is 34.0 Å². The molecule has 0 saturated carbocycles. The summed E-state index contributed by atoms with van der Waals surface area (Å²) in [5.41, 5.74) is 3.73. The van der Waals surface area contributed by atoms with Crippen molar-refractivity contribution in [3.63, 3.8) is 0 Å². The van der Waals surface area contributed by atoms with E-state index in [1.807, 2.05) is 55.6 Å². The van der Waals surface area contributed by atoms with Crippen LogP contribution in [0, 0.1) is 17.0 Å². The van der Waals surface area contributed by atoms with Crippen LogP contribution in [0.25, 0.3) is 10.9 Å². The zero-order chi connectivity index (χ0) is 25.7. The van der Waals surface area contributed by atoms with E-state index < -0.39 is 4.92 Å². The van der Waals surface area contributed by atoms with Gasteiger partial charge in [0, 0.05) is 47.4 Å². The lowest BCUT2D eigenvalue weighted by Crippen LogP contribution is -2.32. The molecule has 4 aromatic rings. The molecule has 0 aliphatic heterocycles. The summed E-state index contributed by atoms with van der Waals surface area (Å²) >= 11 is 0. The number of aromatic nitrogens is 1. The number of H-pyrrole nitrogens is 1. The molecule has 0 aliphatic rings. The van der Waals surface area contributed by atoms with Crippen molar-refractivity contribution in [2.24, 2.45) is 0 Å². The second-order valence-corrected chi connectivity index (χ2v) is 8.54. The number of benzene rings is 3. The second kappa shape index (κ2) is 10.9. The molecule has 0 atom stereocenters. The molecule has 186 valence electrons. The molecule has 1 heterocycles. The minimum atomic E-state index is -0.456. The molecular formula is C28H29N3O5. The molecule has 0 spiro atoms. The van der Waals surface area contributed by atoms with Gasteiger partial charge in [-0.15, -0.1) is 0 Å². The number of carbonyl (C=O) groups excluding carboxylic acids is 1. The van der Waals surface area contributed by atoms with E-state index in [4.69, 9.17) is 9.47 Å². The van der Waals surface area contributed by atoms with Crippen molar-refractivity contribution in [2.75, 3.05) is 20.3 Å². The van der Waals surface area contributed by atoms with Gasteiger partial charge in [0.25, 0.3) is 11.6 Å². The van der Waals surface area contributed by atoms with Crippen molar-refractivity contribution in [3.8, 4) is 11.5 Å². The van der Waals surface area contributed by atoms with Crippen molar-refractivity contribution in [1.29, 1.82) is 0 Å². The number of nitro benzene ring substituents is 1. The number of nitro groups is 1. The number of amides is 1. The van der Waals surface area contributed by atoms with Gasteiger partial charge in [-0.25, -0.2) is 0 Å². The lowest BCUT2D eigenvalue weighted by Gasteiger charge is -2.23. The molecule has 36 heavy (non-hydrogen) atoms. The number of methoxy groups -OCH3 is 1. The number of carbonyl (C=O) groups is 1. The van der Waals surface area contributed by atoms with Crippen LogP contribution in [0.4, 0.5) is 5.69 Å². The van der Waals surface area contributed by atoms with Gasteiger partial charge < -0.3 is 19.4 Å². The number of ether oxygens (including phenoxy) is 2. The number of nitrogens with zero attached hydrogens (tertiary/aromatic N) is 2. The van der Waals surface area contributed by atoms with E-state index in [2.05, 4.69) is 4.98 Å². The first kappa shape index (κ1) is 24.8. The molecule has 1 N–H and O–H groups in total. The molecule has 3 aromatic carbocycles. The molecule has 1 amide bonds. The fourth-order valence-electron chi connectivity index (χ4n) is 4.20. The number of hydrogen-bond acceptors (Lipinski definition) is 5. The van der Waals surface area contributed by atoms with Crippen molar-refractivity contribution >= 4 is 22.5 Å². The summed E-state index contributed by atoms with van der Waals surface area (Å²) in [6.07, 6.45) is 2.55. The molecule has 0 bridgehead atoms. The summed E-state index contributed by atoms with van der Waals surface area (Å²) in [5, 5.41) is 12.5. The number of fused-ring (bicyclic) bond motifs is 1. The van der Waals surface area contributed by atoms with Gasteiger partial charge in [0.1, 0.15) is 11.5 Å². The van der Waals surface area contributed by atoms with E-state index in [0.29, 0.717) is 37.2 Å². The maximum Gasteiger partial charge on any atom is 0.273 e. The Morgan fingerprint density at radius 2 is 1.81 bits per heavy atom. The van der Waals surface area contributed by atoms with E-state index in [1.54, 1.807) is 31.1 Å². The number of nitrogens with one attached hydrogen (secondary N) is 1. The summed E-state index contributed by atoms with van der Waals surface area (Å²) in [5.74, 6) is 1.27. The Kier molecular flexibility index (Phi) is 7.53. The highest BCUT2D eigenvalue weighted by molar-refractivity contribution is 5.95. The van der Waals surface area contributed by atoms with Gasteiger partial charge in [-0.05, 0) is 67.8 Å². The number of hydrogen-bond donors (Lipinski definition) is 1. The third-order valence-corrected chi connectivity index (χ3v) is 6.17. The number of aromatic amines is 1. The highest BCUT2D eigenvalue weighted by atomic mass is 16.6. The highest BCUT2D eigenvalue weighted by Gasteiger charge is 2.21. The van der Waals surface area contributed by atoms with Crippen LogP contribution < -0.4 is 9.47 Å². The molecule has 0 unspecified atom stereocenters. The minimum Gasteiger partial charge on any atom is -0.497 e. The Labute approximate surface area is 209 Å². The maximum atomic E-state index is 13.6. The Morgan fingerprint density at radius 1 is 1.06 bits per heavy atom. The van der Waals surface area contributed by atoms with Crippen LogP contribution in [-0.2, 0) is 13.0 Å². The van der Waals surface area contributed by atoms with Crippen LogP contribution in [0.3, 0.4) is 0 Å². The largest absolute Gasteiger partial charge is 0.497 e. The van der Waals surface area contributed by atoms with Gasteiger partial charge in [-0.3, -0.25) is 14.9 Å². The minimum absolute atomic E-state index is 0.0643. The van der Waals surface area contributed by atoms with E-state index in [1.165, 1.54) is 6.07 Å². The van der Waals surface area contributed by atoms with Crippen molar-refractivity contribution < 1.29 is 19.2 Å². The molecule has 4 rings (SSSR count). The number of aryl methyl sites for hydroxylation is 1. The lowest BCUT2D eigenvalue weighted by atomic mass is 10.1. The maximum absolute atomic E-state index is 13.6.